The van der Waals surface area contributed by atoms with E-state index in [2.05, 4.69) is 0 Å². The van der Waals surface area contributed by atoms with Crippen LogP contribution in [0.3, 0.4) is 0 Å². The average molecular weight is 312 g/mol. The number of hydrogen-bond acceptors (Lipinski definition) is 5. The van der Waals surface area contributed by atoms with E-state index in [0.717, 1.165) is 11.3 Å². The number of benzene rings is 1. The van der Waals surface area contributed by atoms with Crippen molar-refractivity contribution in [1.29, 1.82) is 0 Å². The molecule has 1 aromatic carbocycles. The molecular formula is C14H17FN2O3S. The highest BCUT2D eigenvalue weighted by molar-refractivity contribution is 7.21. The Bertz CT molecular complexity index is 644. The number of amides is 1. The second-order valence-corrected chi connectivity index (χ2v) is 5.52. The maximum Gasteiger partial charge on any atom is 0.266 e. The fraction of sp³-hybridized carbons (Fsp3) is 0.357. The normalized spacial score (nSPS) is 11.0. The first kappa shape index (κ1) is 15.7. The molecule has 0 bridgehead atoms. The van der Waals surface area contributed by atoms with Crippen LogP contribution in [0.25, 0.3) is 10.1 Å². The van der Waals surface area contributed by atoms with Gasteiger partial charge in [-0.1, -0.05) is 6.07 Å². The Balaban J connectivity index is 2.37. The van der Waals surface area contributed by atoms with Crippen LogP contribution in [0.5, 0.6) is 0 Å². The Morgan fingerprint density at radius 2 is 2.24 bits per heavy atom. The summed E-state index contributed by atoms with van der Waals surface area (Å²) < 4.78 is 19.4. The quantitative estimate of drug-likeness (QED) is 0.851. The van der Waals surface area contributed by atoms with Crippen molar-refractivity contribution >= 4 is 33.0 Å². The van der Waals surface area contributed by atoms with Gasteiger partial charge in [-0.15, -0.1) is 11.3 Å². The second-order valence-electron chi connectivity index (χ2n) is 4.47. The lowest BCUT2D eigenvalue weighted by Crippen LogP contribution is -2.36. The Hall–Kier alpha value is -1.70. The third-order valence-corrected chi connectivity index (χ3v) is 4.28. The van der Waals surface area contributed by atoms with Crippen molar-refractivity contribution in [3.8, 4) is 0 Å². The van der Waals surface area contributed by atoms with Crippen LogP contribution >= 0.6 is 11.3 Å². The van der Waals surface area contributed by atoms with Crippen LogP contribution in [0.2, 0.25) is 0 Å². The van der Waals surface area contributed by atoms with E-state index in [9.17, 15) is 9.18 Å². The van der Waals surface area contributed by atoms with Gasteiger partial charge in [-0.05, 0) is 12.1 Å². The Kier molecular flexibility index (Phi) is 5.11. The molecular weight excluding hydrogens is 295 g/mol. The number of thiophene rings is 1. The summed E-state index contributed by atoms with van der Waals surface area (Å²) in [5.74, 6) is -0.759. The van der Waals surface area contributed by atoms with Crippen LogP contribution in [-0.4, -0.2) is 49.3 Å². The van der Waals surface area contributed by atoms with Crippen LogP contribution in [0.15, 0.2) is 18.2 Å². The van der Waals surface area contributed by atoms with Crippen molar-refractivity contribution in [2.75, 3.05) is 39.1 Å². The Morgan fingerprint density at radius 3 is 2.86 bits per heavy atom. The average Bonchev–Trinajstić information content (AvgIpc) is 2.81. The molecule has 3 N–H and O–H groups in total. The lowest BCUT2D eigenvalue weighted by molar-refractivity contribution is 0.0662. The van der Waals surface area contributed by atoms with Gasteiger partial charge in [0.1, 0.15) is 10.7 Å². The van der Waals surface area contributed by atoms with Gasteiger partial charge < -0.3 is 20.5 Å². The number of ether oxygens (including phenoxy) is 1. The molecule has 1 heterocycles. The monoisotopic (exact) mass is 312 g/mol. The number of nitrogens with zero attached hydrogens (tertiary/aromatic N) is 1. The van der Waals surface area contributed by atoms with Crippen molar-refractivity contribution in [3.63, 3.8) is 0 Å². The number of aliphatic hydroxyl groups is 1. The van der Waals surface area contributed by atoms with E-state index in [1.165, 1.54) is 18.1 Å². The zero-order valence-electron chi connectivity index (χ0n) is 11.6. The fourth-order valence-corrected chi connectivity index (χ4v) is 3.17. The number of nitrogens with two attached hydrogens (primary N) is 1. The number of methoxy groups -OCH3 is 1. The van der Waals surface area contributed by atoms with E-state index in [1.54, 1.807) is 12.1 Å². The van der Waals surface area contributed by atoms with E-state index < -0.39 is 5.82 Å². The predicted molar refractivity (Wildman–Crippen MR) is 81.1 cm³/mol. The van der Waals surface area contributed by atoms with E-state index in [4.69, 9.17) is 15.6 Å². The molecule has 7 heteroatoms. The molecule has 1 aromatic heterocycles. The first-order valence-corrected chi connectivity index (χ1v) is 7.27. The molecule has 0 aliphatic carbocycles. The summed E-state index contributed by atoms with van der Waals surface area (Å²) in [4.78, 5) is 14.2. The SMILES string of the molecule is COCCN(CCO)C(=O)c1sc2cccc(F)c2c1N. The summed E-state index contributed by atoms with van der Waals surface area (Å²) in [5.41, 5.74) is 6.08. The molecule has 114 valence electrons. The van der Waals surface area contributed by atoms with E-state index >= 15 is 0 Å². The number of halogens is 1. The number of aliphatic hydroxyl groups excluding tert-OH is 1. The van der Waals surface area contributed by atoms with Crippen molar-refractivity contribution in [3.05, 3.63) is 28.9 Å². The molecule has 21 heavy (non-hydrogen) atoms. The van der Waals surface area contributed by atoms with Crippen molar-refractivity contribution in [1.82, 2.24) is 4.90 Å². The third-order valence-electron chi connectivity index (χ3n) is 3.12. The smallest absolute Gasteiger partial charge is 0.266 e. The van der Waals surface area contributed by atoms with Crippen LogP contribution < -0.4 is 5.73 Å². The largest absolute Gasteiger partial charge is 0.397 e. The summed E-state index contributed by atoms with van der Waals surface area (Å²) >= 11 is 1.16. The summed E-state index contributed by atoms with van der Waals surface area (Å²) in [6.07, 6.45) is 0. The molecule has 0 fully saturated rings. The van der Waals surface area contributed by atoms with E-state index in [1.807, 2.05) is 0 Å². The van der Waals surface area contributed by atoms with E-state index in [0.29, 0.717) is 22.7 Å². The summed E-state index contributed by atoms with van der Waals surface area (Å²) in [6.45, 7) is 0.712. The lowest BCUT2D eigenvalue weighted by atomic mass is 10.2. The summed E-state index contributed by atoms with van der Waals surface area (Å²) in [6, 6.07) is 4.62. The van der Waals surface area contributed by atoms with Gasteiger partial charge in [-0.25, -0.2) is 4.39 Å². The van der Waals surface area contributed by atoms with Crippen LogP contribution in [0, 0.1) is 5.82 Å². The van der Waals surface area contributed by atoms with E-state index in [-0.39, 0.29) is 30.1 Å². The summed E-state index contributed by atoms with van der Waals surface area (Å²) in [7, 11) is 1.53. The minimum absolute atomic E-state index is 0.151. The first-order chi connectivity index (χ1) is 10.1. The highest BCUT2D eigenvalue weighted by atomic mass is 32.1. The molecule has 0 unspecified atom stereocenters. The second kappa shape index (κ2) is 6.84. The Labute approximate surface area is 125 Å². The molecule has 0 saturated carbocycles. The van der Waals surface area contributed by atoms with Gasteiger partial charge in [0.2, 0.25) is 0 Å². The number of nitrogen functional groups attached to an aromatic ring is 1. The highest BCUT2D eigenvalue weighted by Gasteiger charge is 2.23. The topological polar surface area (TPSA) is 75.8 Å². The minimum Gasteiger partial charge on any atom is -0.397 e. The zero-order valence-corrected chi connectivity index (χ0v) is 12.5. The third kappa shape index (κ3) is 3.15. The number of anilines is 1. The zero-order chi connectivity index (χ0) is 15.4. The predicted octanol–water partition coefficient (Wildman–Crippen LogP) is 1.70. The molecule has 0 atom stereocenters. The molecule has 2 rings (SSSR count). The first-order valence-electron chi connectivity index (χ1n) is 6.45. The van der Waals surface area contributed by atoms with Crippen LogP contribution in [-0.2, 0) is 4.74 Å². The molecule has 0 saturated heterocycles. The van der Waals surface area contributed by atoms with Crippen molar-refractivity contribution in [2.45, 2.75) is 0 Å². The minimum atomic E-state index is -0.439. The van der Waals surface area contributed by atoms with Crippen LogP contribution in [0.1, 0.15) is 9.67 Å². The maximum atomic E-state index is 13.8. The fourth-order valence-electron chi connectivity index (χ4n) is 2.07. The maximum absolute atomic E-state index is 13.8. The summed E-state index contributed by atoms with van der Waals surface area (Å²) in [5, 5.41) is 9.34. The van der Waals surface area contributed by atoms with Crippen molar-refractivity contribution in [2.24, 2.45) is 0 Å². The number of fused-ring (bicyclic) bond motifs is 1. The molecule has 1 amide bonds. The molecule has 5 nitrogen and oxygen atoms in total. The van der Waals surface area contributed by atoms with Gasteiger partial charge in [0, 0.05) is 24.9 Å². The lowest BCUT2D eigenvalue weighted by Gasteiger charge is -2.20. The number of hydrogen-bond donors (Lipinski definition) is 2. The molecule has 0 aliphatic heterocycles. The number of carbonyl (C=O) groups is 1. The molecule has 2 aromatic rings. The van der Waals surface area contributed by atoms with Crippen LogP contribution in [0.4, 0.5) is 10.1 Å². The molecule has 0 aliphatic rings. The van der Waals surface area contributed by atoms with Gasteiger partial charge in [0.05, 0.1) is 24.3 Å². The molecule has 0 spiro atoms. The van der Waals surface area contributed by atoms with Gasteiger partial charge in [-0.2, -0.15) is 0 Å². The number of rotatable bonds is 6. The van der Waals surface area contributed by atoms with Gasteiger partial charge >= 0.3 is 0 Å². The number of carbonyl (C=O) groups excluding carboxylic acids is 1. The molecule has 0 radical (unpaired) electrons. The van der Waals surface area contributed by atoms with Gasteiger partial charge in [0.15, 0.2) is 0 Å². The highest BCUT2D eigenvalue weighted by Crippen LogP contribution is 2.35. The standard InChI is InChI=1S/C14H17FN2O3S/c1-20-8-6-17(5-7-18)14(19)13-12(16)11-9(15)3-2-4-10(11)21-13/h2-4,18H,5-8,16H2,1H3. The Morgan fingerprint density at radius 1 is 1.48 bits per heavy atom. The van der Waals surface area contributed by atoms with Gasteiger partial charge in [0.25, 0.3) is 5.91 Å². The van der Waals surface area contributed by atoms with Gasteiger partial charge in [-0.3, -0.25) is 4.79 Å². The van der Waals surface area contributed by atoms with Crippen molar-refractivity contribution < 1.29 is 19.0 Å².